The van der Waals surface area contributed by atoms with Crippen LogP contribution in [-0.2, 0) is 13.0 Å². The third-order valence-electron chi connectivity index (χ3n) is 3.14. The van der Waals surface area contributed by atoms with E-state index >= 15 is 0 Å². The molecule has 0 aliphatic heterocycles. The molecule has 2 aromatic rings. The van der Waals surface area contributed by atoms with E-state index in [9.17, 15) is 0 Å². The molecule has 1 heterocycles. The fraction of sp³-hybridized carbons (Fsp3) is 0.467. The molecular weight excluding hydrogens is 254 g/mol. The molecule has 1 unspecified atom stereocenters. The number of benzene rings is 1. The summed E-state index contributed by atoms with van der Waals surface area (Å²) < 4.78 is 11.1. The van der Waals surface area contributed by atoms with Gasteiger partial charge in [0.05, 0.1) is 0 Å². The summed E-state index contributed by atoms with van der Waals surface area (Å²) in [4.78, 5) is 0. The number of nitrogens with zero attached hydrogens (tertiary/aromatic N) is 2. The molecule has 5 heteroatoms. The lowest BCUT2D eigenvalue weighted by atomic mass is 10.0. The third kappa shape index (κ3) is 3.81. The maximum absolute atomic E-state index is 6.04. The van der Waals surface area contributed by atoms with Crippen LogP contribution in [0.4, 0.5) is 0 Å². The van der Waals surface area contributed by atoms with E-state index in [2.05, 4.69) is 30.1 Å². The lowest BCUT2D eigenvalue weighted by molar-refractivity contribution is 0.257. The van der Waals surface area contributed by atoms with E-state index in [1.165, 1.54) is 5.56 Å². The molecule has 2 N–H and O–H groups in total. The van der Waals surface area contributed by atoms with Crippen LogP contribution in [0.2, 0.25) is 0 Å². The summed E-state index contributed by atoms with van der Waals surface area (Å²) in [5.41, 5.74) is 8.36. The van der Waals surface area contributed by atoms with Gasteiger partial charge in [0, 0.05) is 13.0 Å². The summed E-state index contributed by atoms with van der Waals surface area (Å²) in [5, 5.41) is 7.70. The van der Waals surface area contributed by atoms with Gasteiger partial charge in [-0.15, -0.1) is 10.2 Å². The highest BCUT2D eigenvalue weighted by Crippen LogP contribution is 2.23. The van der Waals surface area contributed by atoms with E-state index in [1.807, 2.05) is 12.1 Å². The number of rotatable bonds is 6. The Balaban J connectivity index is 2.09. The highest BCUT2D eigenvalue weighted by Gasteiger charge is 2.10. The van der Waals surface area contributed by atoms with Crippen molar-refractivity contribution in [3.8, 4) is 5.75 Å². The fourth-order valence-corrected chi connectivity index (χ4v) is 1.97. The SMILES string of the molecule is CCC(N)Cc1cc(C)ccc1OCc1nnc(C)o1. The molecule has 0 fully saturated rings. The predicted octanol–water partition coefficient (Wildman–Crippen LogP) is 2.55. The van der Waals surface area contributed by atoms with Gasteiger partial charge in [0.15, 0.2) is 6.61 Å². The monoisotopic (exact) mass is 275 g/mol. The summed E-state index contributed by atoms with van der Waals surface area (Å²) in [7, 11) is 0. The summed E-state index contributed by atoms with van der Waals surface area (Å²) >= 11 is 0. The lowest BCUT2D eigenvalue weighted by Crippen LogP contribution is -2.21. The molecule has 0 spiro atoms. The van der Waals surface area contributed by atoms with Crippen molar-refractivity contribution < 1.29 is 9.15 Å². The smallest absolute Gasteiger partial charge is 0.253 e. The summed E-state index contributed by atoms with van der Waals surface area (Å²) in [6, 6.07) is 6.25. The first-order chi connectivity index (χ1) is 9.58. The largest absolute Gasteiger partial charge is 0.484 e. The number of aryl methyl sites for hydroxylation is 2. The summed E-state index contributed by atoms with van der Waals surface area (Å²) in [6.45, 7) is 6.18. The maximum Gasteiger partial charge on any atom is 0.253 e. The molecule has 1 aromatic carbocycles. The fourth-order valence-electron chi connectivity index (χ4n) is 1.97. The van der Waals surface area contributed by atoms with Crippen molar-refractivity contribution in [1.29, 1.82) is 0 Å². The van der Waals surface area contributed by atoms with Gasteiger partial charge >= 0.3 is 0 Å². The Labute approximate surface area is 119 Å². The first-order valence-corrected chi connectivity index (χ1v) is 6.85. The molecule has 108 valence electrons. The Morgan fingerprint density at radius 3 is 2.75 bits per heavy atom. The van der Waals surface area contributed by atoms with Crippen molar-refractivity contribution in [1.82, 2.24) is 10.2 Å². The quantitative estimate of drug-likeness (QED) is 0.877. The van der Waals surface area contributed by atoms with Crippen LogP contribution >= 0.6 is 0 Å². The molecule has 0 saturated carbocycles. The van der Waals surface area contributed by atoms with Gasteiger partial charge in [-0.2, -0.15) is 0 Å². The van der Waals surface area contributed by atoms with Crippen molar-refractivity contribution in [3.05, 3.63) is 41.1 Å². The summed E-state index contributed by atoms with van der Waals surface area (Å²) in [6.07, 6.45) is 1.74. The second-order valence-corrected chi connectivity index (χ2v) is 4.99. The highest BCUT2D eigenvalue weighted by molar-refractivity contribution is 5.37. The van der Waals surface area contributed by atoms with Crippen LogP contribution in [-0.4, -0.2) is 16.2 Å². The van der Waals surface area contributed by atoms with E-state index in [1.54, 1.807) is 6.92 Å². The van der Waals surface area contributed by atoms with Crippen molar-refractivity contribution in [2.24, 2.45) is 5.73 Å². The zero-order valence-electron chi connectivity index (χ0n) is 12.2. The van der Waals surface area contributed by atoms with E-state index in [0.717, 1.165) is 24.2 Å². The Hall–Kier alpha value is -1.88. The minimum Gasteiger partial charge on any atom is -0.484 e. The molecule has 0 radical (unpaired) electrons. The average molecular weight is 275 g/mol. The highest BCUT2D eigenvalue weighted by atomic mass is 16.5. The van der Waals surface area contributed by atoms with Crippen LogP contribution in [0.1, 0.15) is 36.3 Å². The Kier molecular flexibility index (Phi) is 4.74. The normalized spacial score (nSPS) is 12.4. The zero-order valence-corrected chi connectivity index (χ0v) is 12.2. The Morgan fingerprint density at radius 1 is 1.30 bits per heavy atom. The molecule has 0 saturated heterocycles. The van der Waals surface area contributed by atoms with Gasteiger partial charge in [0.25, 0.3) is 5.89 Å². The van der Waals surface area contributed by atoms with Gasteiger partial charge in [0.1, 0.15) is 5.75 Å². The van der Waals surface area contributed by atoms with E-state index in [0.29, 0.717) is 11.8 Å². The lowest BCUT2D eigenvalue weighted by Gasteiger charge is -2.14. The number of nitrogens with two attached hydrogens (primary N) is 1. The maximum atomic E-state index is 6.04. The van der Waals surface area contributed by atoms with Gasteiger partial charge in [-0.3, -0.25) is 0 Å². The molecule has 0 amide bonds. The van der Waals surface area contributed by atoms with Crippen LogP contribution in [0.25, 0.3) is 0 Å². The number of hydrogen-bond donors (Lipinski definition) is 1. The first-order valence-electron chi connectivity index (χ1n) is 6.85. The van der Waals surface area contributed by atoms with E-state index in [4.69, 9.17) is 14.9 Å². The van der Waals surface area contributed by atoms with Gasteiger partial charge in [0.2, 0.25) is 5.89 Å². The van der Waals surface area contributed by atoms with Crippen LogP contribution < -0.4 is 10.5 Å². The van der Waals surface area contributed by atoms with E-state index < -0.39 is 0 Å². The molecule has 20 heavy (non-hydrogen) atoms. The molecule has 1 atom stereocenters. The average Bonchev–Trinajstić information content (AvgIpc) is 2.83. The molecular formula is C15H21N3O2. The van der Waals surface area contributed by atoms with E-state index in [-0.39, 0.29) is 12.6 Å². The number of hydrogen-bond acceptors (Lipinski definition) is 5. The molecule has 0 aliphatic carbocycles. The first kappa shape index (κ1) is 14.5. The van der Waals surface area contributed by atoms with Gasteiger partial charge < -0.3 is 14.9 Å². The van der Waals surface area contributed by atoms with Gasteiger partial charge in [-0.25, -0.2) is 0 Å². The van der Waals surface area contributed by atoms with Crippen molar-refractivity contribution >= 4 is 0 Å². The topological polar surface area (TPSA) is 74.2 Å². The number of ether oxygens (including phenoxy) is 1. The molecule has 5 nitrogen and oxygen atoms in total. The minimum absolute atomic E-state index is 0.143. The van der Waals surface area contributed by atoms with Crippen molar-refractivity contribution in [3.63, 3.8) is 0 Å². The zero-order chi connectivity index (χ0) is 14.5. The van der Waals surface area contributed by atoms with Crippen LogP contribution in [0.5, 0.6) is 5.75 Å². The molecule has 0 aliphatic rings. The Morgan fingerprint density at radius 2 is 2.10 bits per heavy atom. The second-order valence-electron chi connectivity index (χ2n) is 4.99. The predicted molar refractivity (Wildman–Crippen MR) is 76.5 cm³/mol. The van der Waals surface area contributed by atoms with Crippen molar-refractivity contribution in [2.75, 3.05) is 0 Å². The van der Waals surface area contributed by atoms with Crippen molar-refractivity contribution in [2.45, 2.75) is 46.3 Å². The van der Waals surface area contributed by atoms with Crippen LogP contribution in [0, 0.1) is 13.8 Å². The minimum atomic E-state index is 0.143. The second kappa shape index (κ2) is 6.52. The number of aromatic nitrogens is 2. The van der Waals surface area contributed by atoms with Gasteiger partial charge in [-0.05, 0) is 31.4 Å². The van der Waals surface area contributed by atoms with Crippen LogP contribution in [0.15, 0.2) is 22.6 Å². The third-order valence-corrected chi connectivity index (χ3v) is 3.14. The Bertz CT molecular complexity index is 566. The standard InChI is InChI=1S/C15H21N3O2/c1-4-13(16)8-12-7-10(2)5-6-14(12)19-9-15-18-17-11(3)20-15/h5-7,13H,4,8-9,16H2,1-3H3. The van der Waals surface area contributed by atoms with Crippen LogP contribution in [0.3, 0.4) is 0 Å². The van der Waals surface area contributed by atoms with Gasteiger partial charge in [-0.1, -0.05) is 24.6 Å². The molecule has 0 bridgehead atoms. The molecule has 2 rings (SSSR count). The molecule has 1 aromatic heterocycles. The summed E-state index contributed by atoms with van der Waals surface area (Å²) in [5.74, 6) is 1.85.